The van der Waals surface area contributed by atoms with Crippen LogP contribution >= 0.6 is 11.3 Å². The highest BCUT2D eigenvalue weighted by Crippen LogP contribution is 2.56. The molecule has 0 atom stereocenters. The van der Waals surface area contributed by atoms with Crippen molar-refractivity contribution in [2.75, 3.05) is 4.81 Å². The fourth-order valence-electron chi connectivity index (χ4n) is 8.84. The summed E-state index contributed by atoms with van der Waals surface area (Å²) in [6.45, 7) is 14.0. The number of hydrogen-bond acceptors (Lipinski definition) is 3. The first-order valence-electron chi connectivity index (χ1n) is 17.4. The molecule has 0 unspecified atom stereocenters. The Morgan fingerprint density at radius 2 is 1.37 bits per heavy atom. The molecule has 3 nitrogen and oxygen atoms in total. The van der Waals surface area contributed by atoms with Gasteiger partial charge in [0, 0.05) is 31.8 Å². The summed E-state index contributed by atoms with van der Waals surface area (Å²) in [5.74, 6) is 1.83. The molecule has 0 amide bonds. The number of para-hydroxylation sites is 3. The smallest absolute Gasteiger partial charge is 0.333 e. The summed E-state index contributed by atoms with van der Waals surface area (Å²) >= 11 is 1.94. The molecule has 0 fully saturated rings. The fourth-order valence-corrected chi connectivity index (χ4v) is 10.1. The number of nitrogens with zero attached hydrogens (tertiary/aromatic N) is 2. The van der Waals surface area contributed by atoms with E-state index in [2.05, 4.69) is 154 Å². The van der Waals surface area contributed by atoms with Gasteiger partial charge in [-0.25, -0.2) is 0 Å². The van der Waals surface area contributed by atoms with Crippen LogP contribution in [-0.4, -0.2) is 11.4 Å². The first-order valence-corrected chi connectivity index (χ1v) is 18.2. The molecule has 3 aliphatic rings. The van der Waals surface area contributed by atoms with Gasteiger partial charge in [0.2, 0.25) is 0 Å². The van der Waals surface area contributed by atoms with Crippen LogP contribution in [0.5, 0.6) is 11.5 Å². The van der Waals surface area contributed by atoms with Crippen molar-refractivity contribution in [3.05, 3.63) is 114 Å². The van der Waals surface area contributed by atoms with Crippen LogP contribution in [0.4, 0.5) is 11.4 Å². The van der Waals surface area contributed by atoms with Crippen LogP contribution in [-0.2, 0) is 10.8 Å². The van der Waals surface area contributed by atoms with Gasteiger partial charge in [-0.2, -0.15) is 0 Å². The third kappa shape index (κ3) is 3.49. The Morgan fingerprint density at radius 3 is 2.20 bits per heavy atom. The minimum atomic E-state index is -0.0278. The maximum atomic E-state index is 6.69. The number of hydrogen-bond donors (Lipinski definition) is 0. The van der Waals surface area contributed by atoms with Crippen molar-refractivity contribution in [3.8, 4) is 28.3 Å². The van der Waals surface area contributed by atoms with Crippen LogP contribution < -0.4 is 20.5 Å². The average Bonchev–Trinajstić information content (AvgIpc) is 3.62. The molecular weight excluding hydrogens is 615 g/mol. The van der Waals surface area contributed by atoms with Crippen LogP contribution in [0, 0.1) is 0 Å². The fraction of sp³-hybridized carbons (Fsp3) is 0.182. The number of thiophene rings is 1. The zero-order valence-corrected chi connectivity index (χ0v) is 29.4. The van der Waals surface area contributed by atoms with E-state index in [0.717, 1.165) is 22.9 Å². The van der Waals surface area contributed by atoms with Gasteiger partial charge >= 0.3 is 6.85 Å². The summed E-state index contributed by atoms with van der Waals surface area (Å²) in [4.78, 5) is 2.61. The van der Waals surface area contributed by atoms with Gasteiger partial charge in [0.25, 0.3) is 0 Å². The van der Waals surface area contributed by atoms with Gasteiger partial charge in [0.15, 0.2) is 5.75 Å². The lowest BCUT2D eigenvalue weighted by atomic mass is 9.43. The molecule has 0 aliphatic carbocycles. The van der Waals surface area contributed by atoms with E-state index in [0.29, 0.717) is 0 Å². The van der Waals surface area contributed by atoms with Gasteiger partial charge in [-0.3, -0.25) is 0 Å². The molecule has 8 aromatic rings. The molecule has 49 heavy (non-hydrogen) atoms. The summed E-state index contributed by atoms with van der Waals surface area (Å²) in [6, 6.07) is 38.9. The van der Waals surface area contributed by atoms with Gasteiger partial charge in [0.1, 0.15) is 5.75 Å². The number of ether oxygens (including phenoxy) is 1. The van der Waals surface area contributed by atoms with E-state index in [1.54, 1.807) is 0 Å². The monoisotopic (exact) mass is 650 g/mol. The molecule has 5 heteroatoms. The molecule has 236 valence electrons. The van der Waals surface area contributed by atoms with Crippen LogP contribution in [0.15, 0.2) is 103 Å². The molecule has 2 aromatic heterocycles. The quantitative estimate of drug-likeness (QED) is 0.152. The first kappa shape index (κ1) is 27.9. The van der Waals surface area contributed by atoms with Crippen molar-refractivity contribution in [3.63, 3.8) is 0 Å². The van der Waals surface area contributed by atoms with Crippen molar-refractivity contribution in [2.45, 2.75) is 52.4 Å². The standard InChI is InChI=1S/C44H35BN2OS/c1-43(2,3)24-18-19-33-28(20-24)30-21-25(44(4,5)6)22-32-39(30)46(33)41-38-29(23-31-26-12-7-10-17-37(26)49-42(31)41)27-13-11-16-36-40(27)47(45(32)38)34-14-8-9-15-35(34)48-36/h7-23H,1-6H3. The third-order valence-corrected chi connectivity index (χ3v) is 12.4. The second-order valence-corrected chi connectivity index (χ2v) is 17.2. The second kappa shape index (κ2) is 8.96. The predicted octanol–water partition coefficient (Wildman–Crippen LogP) is 11.1. The highest BCUT2D eigenvalue weighted by Gasteiger charge is 2.48. The number of fused-ring (bicyclic) bond motifs is 13. The Bertz CT molecular complexity index is 2790. The lowest BCUT2D eigenvalue weighted by Crippen LogP contribution is -2.61. The number of benzene rings is 6. The van der Waals surface area contributed by atoms with E-state index in [1.807, 2.05) is 11.3 Å². The molecule has 3 aliphatic heterocycles. The Balaban J connectivity index is 1.41. The summed E-state index contributed by atoms with van der Waals surface area (Å²) in [7, 11) is 0. The topological polar surface area (TPSA) is 17.4 Å². The van der Waals surface area contributed by atoms with E-state index in [1.165, 1.54) is 80.8 Å². The van der Waals surface area contributed by atoms with Crippen LogP contribution in [0.2, 0.25) is 0 Å². The molecule has 6 aromatic carbocycles. The molecule has 11 rings (SSSR count). The van der Waals surface area contributed by atoms with E-state index in [-0.39, 0.29) is 17.7 Å². The lowest BCUT2D eigenvalue weighted by Gasteiger charge is -2.45. The Kier molecular flexibility index (Phi) is 5.10. The molecule has 0 radical (unpaired) electrons. The lowest BCUT2D eigenvalue weighted by molar-refractivity contribution is 0.478. The van der Waals surface area contributed by atoms with Crippen molar-refractivity contribution in [2.24, 2.45) is 0 Å². The highest BCUT2D eigenvalue weighted by molar-refractivity contribution is 7.26. The normalized spacial score (nSPS) is 14.4. The Morgan fingerprint density at radius 1 is 0.612 bits per heavy atom. The van der Waals surface area contributed by atoms with E-state index >= 15 is 0 Å². The summed E-state index contributed by atoms with van der Waals surface area (Å²) < 4.78 is 12.0. The van der Waals surface area contributed by atoms with Gasteiger partial charge in [-0.05, 0) is 87.0 Å². The summed E-state index contributed by atoms with van der Waals surface area (Å²) in [6.07, 6.45) is 0. The largest absolute Gasteiger partial charge is 0.453 e. The minimum absolute atomic E-state index is 0.0259. The van der Waals surface area contributed by atoms with Gasteiger partial charge in [-0.1, -0.05) is 96.1 Å². The number of aromatic nitrogens is 1. The van der Waals surface area contributed by atoms with E-state index in [9.17, 15) is 0 Å². The van der Waals surface area contributed by atoms with Crippen molar-refractivity contribution >= 4 is 82.5 Å². The molecule has 0 bridgehead atoms. The Hall–Kier alpha value is -5.00. The van der Waals surface area contributed by atoms with Crippen LogP contribution in [0.1, 0.15) is 52.7 Å². The van der Waals surface area contributed by atoms with Gasteiger partial charge in [0.05, 0.1) is 32.8 Å². The zero-order valence-electron chi connectivity index (χ0n) is 28.6. The molecule has 0 spiro atoms. The maximum Gasteiger partial charge on any atom is 0.333 e. The average molecular weight is 651 g/mol. The van der Waals surface area contributed by atoms with Crippen LogP contribution in [0.25, 0.3) is 58.8 Å². The highest BCUT2D eigenvalue weighted by atomic mass is 32.1. The van der Waals surface area contributed by atoms with Crippen molar-refractivity contribution < 1.29 is 4.74 Å². The summed E-state index contributed by atoms with van der Waals surface area (Å²) in [5.41, 5.74) is 14.2. The first-order chi connectivity index (χ1) is 23.6. The molecule has 0 N–H and O–H groups in total. The van der Waals surface area contributed by atoms with Gasteiger partial charge < -0.3 is 14.1 Å². The Labute approximate surface area is 290 Å². The maximum absolute atomic E-state index is 6.69. The molecule has 0 saturated carbocycles. The van der Waals surface area contributed by atoms with Crippen molar-refractivity contribution in [1.82, 2.24) is 4.57 Å². The van der Waals surface area contributed by atoms with E-state index in [4.69, 9.17) is 4.74 Å². The predicted molar refractivity (Wildman–Crippen MR) is 210 cm³/mol. The molecule has 5 heterocycles. The van der Waals surface area contributed by atoms with E-state index < -0.39 is 0 Å². The zero-order chi connectivity index (χ0) is 33.1. The number of rotatable bonds is 0. The third-order valence-electron chi connectivity index (χ3n) is 11.2. The second-order valence-electron chi connectivity index (χ2n) is 16.2. The minimum Gasteiger partial charge on any atom is -0.453 e. The molecule has 0 saturated heterocycles. The van der Waals surface area contributed by atoms with Crippen LogP contribution in [0.3, 0.4) is 0 Å². The summed E-state index contributed by atoms with van der Waals surface area (Å²) in [5, 5.41) is 5.33. The van der Waals surface area contributed by atoms with Gasteiger partial charge in [-0.15, -0.1) is 11.3 Å². The SMILES string of the molecule is CC(C)(C)c1ccc2c(c1)c1cc(C(C)(C)C)cc3c1n2-c1c2c(cc4c1sc1ccccc14)-c1cccc4c1N(B23)c1ccccc1O4. The van der Waals surface area contributed by atoms with Crippen molar-refractivity contribution in [1.29, 1.82) is 0 Å². The number of anilines is 2. The molecular formula is C44H35BN2OS.